The van der Waals surface area contributed by atoms with E-state index in [1.807, 2.05) is 26.2 Å². The number of nitrogens with zero attached hydrogens (tertiary/aromatic N) is 4. The van der Waals surface area contributed by atoms with Crippen LogP contribution in [-0.4, -0.2) is 35.2 Å². The zero-order chi connectivity index (χ0) is 14.7. The molecule has 0 aliphatic rings. The number of anilines is 1. The van der Waals surface area contributed by atoms with Gasteiger partial charge >= 0.3 is 0 Å². The van der Waals surface area contributed by atoms with Crippen LogP contribution in [-0.2, 0) is 0 Å². The zero-order valence-electron chi connectivity index (χ0n) is 12.2. The van der Waals surface area contributed by atoms with E-state index in [0.29, 0.717) is 4.77 Å². The van der Waals surface area contributed by atoms with Crippen molar-refractivity contribution in [2.45, 2.75) is 19.8 Å². The fraction of sp³-hybridized carbons (Fsp3) is 0.357. The second-order valence-electron chi connectivity index (χ2n) is 5.08. The molecule has 0 atom stereocenters. The summed E-state index contributed by atoms with van der Waals surface area (Å²) in [6.07, 6.45) is 1.79. The Balaban J connectivity index is 2.25. The summed E-state index contributed by atoms with van der Waals surface area (Å²) in [7, 11) is 4.03. The van der Waals surface area contributed by atoms with Gasteiger partial charge in [-0.15, -0.1) is 0 Å². The fourth-order valence-corrected chi connectivity index (χ4v) is 1.96. The first-order chi connectivity index (χ1) is 9.49. The van der Waals surface area contributed by atoms with Crippen LogP contribution < -0.4 is 4.90 Å². The summed E-state index contributed by atoms with van der Waals surface area (Å²) in [5.41, 5.74) is 2.18. The lowest BCUT2D eigenvalue weighted by atomic mass is 10.2. The first-order valence-corrected chi connectivity index (χ1v) is 6.89. The fourth-order valence-electron chi connectivity index (χ4n) is 1.77. The quantitative estimate of drug-likeness (QED) is 0.695. The maximum Gasteiger partial charge on any atom is 0.216 e. The van der Waals surface area contributed by atoms with Crippen molar-refractivity contribution in [2.75, 3.05) is 19.0 Å². The molecule has 1 N–H and O–H groups in total. The van der Waals surface area contributed by atoms with Gasteiger partial charge < -0.3 is 4.90 Å². The van der Waals surface area contributed by atoms with Gasteiger partial charge in [0.05, 0.1) is 6.21 Å². The molecule has 0 spiro atoms. The molecule has 0 radical (unpaired) electrons. The molecule has 5 nitrogen and oxygen atoms in total. The Bertz CT molecular complexity index is 649. The first-order valence-electron chi connectivity index (χ1n) is 6.48. The van der Waals surface area contributed by atoms with E-state index in [-0.39, 0.29) is 5.92 Å². The van der Waals surface area contributed by atoms with E-state index in [1.54, 1.807) is 10.9 Å². The van der Waals surface area contributed by atoms with Crippen molar-refractivity contribution >= 4 is 24.1 Å². The summed E-state index contributed by atoms with van der Waals surface area (Å²) in [5, 5.41) is 11.4. The highest BCUT2D eigenvalue weighted by Crippen LogP contribution is 2.13. The van der Waals surface area contributed by atoms with E-state index in [1.165, 1.54) is 0 Å². The second kappa shape index (κ2) is 6.00. The van der Waals surface area contributed by atoms with Gasteiger partial charge in [-0.25, -0.2) is 0 Å². The summed E-state index contributed by atoms with van der Waals surface area (Å²) in [6, 6.07) is 8.16. The molecule has 0 saturated heterocycles. The Labute approximate surface area is 123 Å². The van der Waals surface area contributed by atoms with E-state index in [2.05, 4.69) is 46.2 Å². The van der Waals surface area contributed by atoms with Crippen LogP contribution in [0.2, 0.25) is 0 Å². The molecular formula is C14H19N5S. The molecule has 20 heavy (non-hydrogen) atoms. The molecule has 1 aromatic carbocycles. The number of aromatic amines is 1. The van der Waals surface area contributed by atoms with Crippen molar-refractivity contribution in [3.8, 4) is 0 Å². The van der Waals surface area contributed by atoms with Gasteiger partial charge in [0, 0.05) is 25.7 Å². The number of nitrogens with one attached hydrogen (secondary N) is 1. The van der Waals surface area contributed by atoms with Crippen molar-refractivity contribution in [1.82, 2.24) is 14.9 Å². The van der Waals surface area contributed by atoms with Crippen molar-refractivity contribution in [2.24, 2.45) is 5.10 Å². The Morgan fingerprint density at radius 3 is 2.50 bits per heavy atom. The molecule has 1 aromatic heterocycles. The number of benzene rings is 1. The Morgan fingerprint density at radius 1 is 1.30 bits per heavy atom. The van der Waals surface area contributed by atoms with Crippen LogP contribution >= 0.6 is 12.2 Å². The predicted octanol–water partition coefficient (Wildman–Crippen LogP) is 3.01. The number of H-pyrrole nitrogens is 1. The monoisotopic (exact) mass is 289 g/mol. The molecule has 0 bridgehead atoms. The molecule has 6 heteroatoms. The smallest absolute Gasteiger partial charge is 0.216 e. The van der Waals surface area contributed by atoms with E-state index >= 15 is 0 Å². The maximum atomic E-state index is 5.19. The number of hydrogen-bond donors (Lipinski definition) is 1. The maximum absolute atomic E-state index is 5.19. The minimum absolute atomic E-state index is 0.260. The van der Waals surface area contributed by atoms with Gasteiger partial charge in [-0.3, -0.25) is 5.10 Å². The van der Waals surface area contributed by atoms with Crippen molar-refractivity contribution in [3.63, 3.8) is 0 Å². The Kier molecular flexibility index (Phi) is 4.34. The third-order valence-electron chi connectivity index (χ3n) is 2.92. The third kappa shape index (κ3) is 3.14. The van der Waals surface area contributed by atoms with Gasteiger partial charge in [-0.05, 0) is 29.9 Å². The summed E-state index contributed by atoms with van der Waals surface area (Å²) in [4.78, 5) is 2.06. The standard InChI is InChI=1S/C14H19N5S/c1-10(2)13-16-17-14(20)19(13)15-9-11-5-7-12(8-6-11)18(3)4/h5-10H,1-4H3,(H,17,20)/b15-9+. The summed E-state index contributed by atoms with van der Waals surface area (Å²) < 4.78 is 2.18. The van der Waals surface area contributed by atoms with Crippen LogP contribution in [0.5, 0.6) is 0 Å². The molecule has 0 fully saturated rings. The molecule has 0 unspecified atom stereocenters. The molecule has 0 aliphatic heterocycles. The SMILES string of the molecule is CC(C)c1n[nH]c(=S)n1/N=C/c1ccc(N(C)C)cc1. The van der Waals surface area contributed by atoms with Crippen LogP contribution in [0.15, 0.2) is 29.4 Å². The van der Waals surface area contributed by atoms with Gasteiger partial charge in [-0.1, -0.05) is 26.0 Å². The predicted molar refractivity (Wildman–Crippen MR) is 85.3 cm³/mol. The highest BCUT2D eigenvalue weighted by atomic mass is 32.1. The minimum Gasteiger partial charge on any atom is -0.378 e. The Hall–Kier alpha value is -1.95. The average Bonchev–Trinajstić information content (AvgIpc) is 2.78. The molecule has 0 aliphatic carbocycles. The summed E-state index contributed by atoms with van der Waals surface area (Å²) in [5.74, 6) is 1.09. The van der Waals surface area contributed by atoms with Gasteiger partial charge in [0.2, 0.25) is 4.77 Å². The van der Waals surface area contributed by atoms with Gasteiger partial charge in [-0.2, -0.15) is 14.9 Å². The lowest BCUT2D eigenvalue weighted by Crippen LogP contribution is -2.08. The van der Waals surface area contributed by atoms with Crippen LogP contribution in [0.3, 0.4) is 0 Å². The number of aromatic nitrogens is 3. The highest BCUT2D eigenvalue weighted by molar-refractivity contribution is 7.71. The molecule has 0 amide bonds. The molecule has 106 valence electrons. The van der Waals surface area contributed by atoms with E-state index in [9.17, 15) is 0 Å². The lowest BCUT2D eigenvalue weighted by molar-refractivity contribution is 0.695. The molecular weight excluding hydrogens is 270 g/mol. The highest BCUT2D eigenvalue weighted by Gasteiger charge is 2.08. The van der Waals surface area contributed by atoms with Gasteiger partial charge in [0.1, 0.15) is 0 Å². The van der Waals surface area contributed by atoms with Gasteiger partial charge in [0.25, 0.3) is 0 Å². The molecule has 2 aromatic rings. The third-order valence-corrected chi connectivity index (χ3v) is 3.19. The average molecular weight is 289 g/mol. The van der Waals surface area contributed by atoms with Crippen LogP contribution in [0.1, 0.15) is 31.2 Å². The first kappa shape index (κ1) is 14.5. The van der Waals surface area contributed by atoms with E-state index in [4.69, 9.17) is 12.2 Å². The van der Waals surface area contributed by atoms with E-state index in [0.717, 1.165) is 17.1 Å². The minimum atomic E-state index is 0.260. The molecule has 0 saturated carbocycles. The molecule has 2 rings (SSSR count). The van der Waals surface area contributed by atoms with Crippen molar-refractivity contribution in [1.29, 1.82) is 0 Å². The molecule has 1 heterocycles. The van der Waals surface area contributed by atoms with Crippen LogP contribution in [0.4, 0.5) is 5.69 Å². The van der Waals surface area contributed by atoms with Crippen molar-refractivity contribution < 1.29 is 0 Å². The number of hydrogen-bond acceptors (Lipinski definition) is 4. The zero-order valence-corrected chi connectivity index (χ0v) is 13.0. The lowest BCUT2D eigenvalue weighted by Gasteiger charge is -2.11. The van der Waals surface area contributed by atoms with Crippen LogP contribution in [0, 0.1) is 4.77 Å². The van der Waals surface area contributed by atoms with Crippen LogP contribution in [0.25, 0.3) is 0 Å². The number of rotatable bonds is 4. The van der Waals surface area contributed by atoms with Crippen molar-refractivity contribution in [3.05, 3.63) is 40.4 Å². The van der Waals surface area contributed by atoms with E-state index < -0.39 is 0 Å². The topological polar surface area (TPSA) is 49.2 Å². The van der Waals surface area contributed by atoms with Gasteiger partial charge in [0.15, 0.2) is 5.82 Å². The Morgan fingerprint density at radius 2 is 1.95 bits per heavy atom. The largest absolute Gasteiger partial charge is 0.378 e. The second-order valence-corrected chi connectivity index (χ2v) is 5.47. The summed E-state index contributed by atoms with van der Waals surface area (Å²) >= 11 is 5.19. The normalized spacial score (nSPS) is 11.4. The summed E-state index contributed by atoms with van der Waals surface area (Å²) in [6.45, 7) is 4.12.